The van der Waals surface area contributed by atoms with Crippen LogP contribution in [0.25, 0.3) is 0 Å². The summed E-state index contributed by atoms with van der Waals surface area (Å²) < 4.78 is 13.5. The molecule has 1 saturated carbocycles. The molecule has 4 nitrogen and oxygen atoms in total. The molecule has 1 aliphatic rings. The molecule has 0 atom stereocenters. The molecule has 0 spiro atoms. The van der Waals surface area contributed by atoms with E-state index in [1.54, 1.807) is 16.2 Å². The van der Waals surface area contributed by atoms with Gasteiger partial charge in [0.2, 0.25) is 5.91 Å². The van der Waals surface area contributed by atoms with E-state index in [-0.39, 0.29) is 30.2 Å². The summed E-state index contributed by atoms with van der Waals surface area (Å²) in [6.07, 6.45) is 5.04. The lowest BCUT2D eigenvalue weighted by atomic mass is 9.93. The van der Waals surface area contributed by atoms with Crippen molar-refractivity contribution in [3.05, 3.63) is 93.4 Å². The minimum absolute atomic E-state index is 0.0253. The lowest BCUT2D eigenvalue weighted by Crippen LogP contribution is -2.48. The van der Waals surface area contributed by atoms with E-state index in [2.05, 4.69) is 13.0 Å². The highest BCUT2D eigenvalue weighted by molar-refractivity contribution is 7.10. The van der Waals surface area contributed by atoms with Gasteiger partial charge in [0, 0.05) is 23.0 Å². The van der Waals surface area contributed by atoms with Crippen molar-refractivity contribution in [1.82, 2.24) is 9.80 Å². The second-order valence-electron chi connectivity index (χ2n) is 8.99. The van der Waals surface area contributed by atoms with Gasteiger partial charge in [-0.2, -0.15) is 0 Å². The minimum Gasteiger partial charge on any atom is -0.332 e. The summed E-state index contributed by atoms with van der Waals surface area (Å²) in [6, 6.07) is 17.7. The first-order valence-electron chi connectivity index (χ1n) is 11.9. The van der Waals surface area contributed by atoms with Crippen molar-refractivity contribution in [2.24, 2.45) is 0 Å². The highest BCUT2D eigenvalue weighted by Crippen LogP contribution is 2.25. The number of carbonyl (C=O) groups is 2. The third kappa shape index (κ3) is 6.11. The van der Waals surface area contributed by atoms with Crippen LogP contribution in [0.5, 0.6) is 0 Å². The van der Waals surface area contributed by atoms with E-state index in [0.29, 0.717) is 18.7 Å². The van der Waals surface area contributed by atoms with Crippen molar-refractivity contribution in [3.63, 3.8) is 0 Å². The van der Waals surface area contributed by atoms with Crippen LogP contribution in [0.4, 0.5) is 4.39 Å². The number of aryl methyl sites for hydroxylation is 1. The Hall–Kier alpha value is -2.99. The molecule has 0 unspecified atom stereocenters. The predicted octanol–water partition coefficient (Wildman–Crippen LogP) is 6.20. The zero-order valence-corrected chi connectivity index (χ0v) is 20.4. The first-order chi connectivity index (χ1) is 16.5. The molecule has 1 fully saturated rings. The minimum atomic E-state index is -0.378. The number of nitrogens with zero attached hydrogens (tertiary/aromatic N) is 2. The van der Waals surface area contributed by atoms with Crippen LogP contribution in [-0.2, 0) is 17.9 Å². The molecule has 1 heterocycles. The van der Waals surface area contributed by atoms with Gasteiger partial charge in [-0.15, -0.1) is 11.3 Å². The highest BCUT2D eigenvalue weighted by Gasteiger charge is 2.30. The molecule has 6 heteroatoms. The summed E-state index contributed by atoms with van der Waals surface area (Å²) in [5, 5.41) is 2.04. The number of hydrogen-bond donors (Lipinski definition) is 0. The Labute approximate surface area is 205 Å². The van der Waals surface area contributed by atoms with Gasteiger partial charge in [0.1, 0.15) is 12.4 Å². The van der Waals surface area contributed by atoms with Gasteiger partial charge in [-0.1, -0.05) is 49.6 Å². The standard InChI is InChI=1S/C28H31FN2O2S/c1-21-16-17-34-26(21)19-30(18-22-8-4-2-5-9-22)27(32)20-31(25-10-6-3-7-11-25)28(33)23-12-14-24(29)15-13-23/h2,4-5,8-9,12-17,25H,3,6-7,10-11,18-20H2,1H3. The van der Waals surface area contributed by atoms with Crippen molar-refractivity contribution in [2.45, 2.75) is 58.2 Å². The van der Waals surface area contributed by atoms with Crippen LogP contribution in [-0.4, -0.2) is 34.2 Å². The Morgan fingerprint density at radius 1 is 0.941 bits per heavy atom. The summed E-state index contributed by atoms with van der Waals surface area (Å²) in [5.41, 5.74) is 2.64. The molecule has 1 aliphatic carbocycles. The number of thiophene rings is 1. The summed E-state index contributed by atoms with van der Waals surface area (Å²) >= 11 is 1.65. The van der Waals surface area contributed by atoms with Crippen LogP contribution < -0.4 is 0 Å². The van der Waals surface area contributed by atoms with Crippen LogP contribution in [0.2, 0.25) is 0 Å². The van der Waals surface area contributed by atoms with Crippen LogP contribution in [0.1, 0.15) is 58.5 Å². The second-order valence-corrected chi connectivity index (χ2v) is 9.99. The normalized spacial score (nSPS) is 14.1. The Balaban J connectivity index is 1.58. The molecule has 4 rings (SSSR count). The fraction of sp³-hybridized carbons (Fsp3) is 0.357. The van der Waals surface area contributed by atoms with E-state index in [1.165, 1.54) is 29.8 Å². The number of rotatable bonds is 8. The third-order valence-electron chi connectivity index (χ3n) is 6.54. The predicted molar refractivity (Wildman–Crippen MR) is 134 cm³/mol. The van der Waals surface area contributed by atoms with Crippen LogP contribution in [0.15, 0.2) is 66.0 Å². The number of hydrogen-bond acceptors (Lipinski definition) is 3. The summed E-state index contributed by atoms with van der Waals surface area (Å²) in [7, 11) is 0. The van der Waals surface area contributed by atoms with Crippen molar-refractivity contribution in [3.8, 4) is 0 Å². The van der Waals surface area contributed by atoms with Gasteiger partial charge in [-0.3, -0.25) is 9.59 Å². The monoisotopic (exact) mass is 478 g/mol. The van der Waals surface area contributed by atoms with E-state index >= 15 is 0 Å². The molecule has 34 heavy (non-hydrogen) atoms. The van der Waals surface area contributed by atoms with E-state index in [1.807, 2.05) is 40.6 Å². The van der Waals surface area contributed by atoms with Gasteiger partial charge in [-0.25, -0.2) is 4.39 Å². The quantitative estimate of drug-likeness (QED) is 0.387. The van der Waals surface area contributed by atoms with E-state index in [0.717, 1.165) is 42.5 Å². The Morgan fingerprint density at radius 3 is 2.29 bits per heavy atom. The average molecular weight is 479 g/mol. The number of carbonyl (C=O) groups excluding carboxylic acids is 2. The fourth-order valence-electron chi connectivity index (χ4n) is 4.54. The molecule has 1 aromatic heterocycles. The largest absolute Gasteiger partial charge is 0.332 e. The number of halogens is 1. The maximum atomic E-state index is 13.7. The molecule has 0 radical (unpaired) electrons. The summed E-state index contributed by atoms with van der Waals surface area (Å²) in [6.45, 7) is 3.09. The molecule has 2 aromatic carbocycles. The van der Waals surface area contributed by atoms with Crippen LogP contribution in [0.3, 0.4) is 0 Å². The molecule has 0 N–H and O–H groups in total. The van der Waals surface area contributed by atoms with Gasteiger partial charge >= 0.3 is 0 Å². The smallest absolute Gasteiger partial charge is 0.254 e. The summed E-state index contributed by atoms with van der Waals surface area (Å²) in [5.74, 6) is -0.651. The van der Waals surface area contributed by atoms with Crippen LogP contribution >= 0.6 is 11.3 Å². The Bertz CT molecular complexity index is 1090. The molecule has 178 valence electrons. The van der Waals surface area contributed by atoms with E-state index in [4.69, 9.17) is 0 Å². The zero-order valence-electron chi connectivity index (χ0n) is 19.6. The topological polar surface area (TPSA) is 40.6 Å². The SMILES string of the molecule is Cc1ccsc1CN(Cc1ccccc1)C(=O)CN(C(=O)c1ccc(F)cc1)C1CCCCC1. The van der Waals surface area contributed by atoms with Gasteiger partial charge in [0.15, 0.2) is 0 Å². The molecule has 0 bridgehead atoms. The Morgan fingerprint density at radius 2 is 1.65 bits per heavy atom. The zero-order chi connectivity index (χ0) is 23.9. The van der Waals surface area contributed by atoms with Gasteiger partial charge in [-0.05, 0) is 66.6 Å². The number of amides is 2. The van der Waals surface area contributed by atoms with Crippen molar-refractivity contribution in [1.29, 1.82) is 0 Å². The van der Waals surface area contributed by atoms with Crippen molar-refractivity contribution in [2.75, 3.05) is 6.54 Å². The molecule has 2 amide bonds. The van der Waals surface area contributed by atoms with Gasteiger partial charge in [0.05, 0.1) is 6.54 Å². The van der Waals surface area contributed by atoms with Gasteiger partial charge < -0.3 is 9.80 Å². The fourth-order valence-corrected chi connectivity index (χ4v) is 5.46. The summed E-state index contributed by atoms with van der Waals surface area (Å²) in [4.78, 5) is 31.9. The lowest BCUT2D eigenvalue weighted by molar-refractivity contribution is -0.133. The maximum Gasteiger partial charge on any atom is 0.254 e. The van der Waals surface area contributed by atoms with Crippen molar-refractivity contribution < 1.29 is 14.0 Å². The lowest BCUT2D eigenvalue weighted by Gasteiger charge is -2.35. The highest BCUT2D eigenvalue weighted by atomic mass is 32.1. The van der Waals surface area contributed by atoms with Crippen LogP contribution in [0, 0.1) is 12.7 Å². The molecule has 0 aliphatic heterocycles. The molecular weight excluding hydrogens is 447 g/mol. The Kier molecular flexibility index (Phi) is 8.12. The number of benzene rings is 2. The first kappa shape index (κ1) is 24.1. The van der Waals surface area contributed by atoms with E-state index < -0.39 is 0 Å². The van der Waals surface area contributed by atoms with E-state index in [9.17, 15) is 14.0 Å². The maximum absolute atomic E-state index is 13.7. The molecule has 3 aromatic rings. The van der Waals surface area contributed by atoms with Crippen molar-refractivity contribution >= 4 is 23.2 Å². The second kappa shape index (κ2) is 11.4. The first-order valence-corrected chi connectivity index (χ1v) is 12.8. The third-order valence-corrected chi connectivity index (χ3v) is 7.55. The van der Waals surface area contributed by atoms with Gasteiger partial charge in [0.25, 0.3) is 5.91 Å². The molecule has 0 saturated heterocycles. The molecular formula is C28H31FN2O2S. The average Bonchev–Trinajstić information content (AvgIpc) is 3.27.